The van der Waals surface area contributed by atoms with E-state index in [0.29, 0.717) is 5.56 Å². The Morgan fingerprint density at radius 1 is 1.42 bits per heavy atom. The van der Waals surface area contributed by atoms with E-state index in [0.717, 1.165) is 4.31 Å². The van der Waals surface area contributed by atoms with Crippen LogP contribution in [0.1, 0.15) is 5.56 Å². The van der Waals surface area contributed by atoms with E-state index in [1.807, 2.05) is 0 Å². The molecular formula is C12H13FN2O3S. The van der Waals surface area contributed by atoms with E-state index < -0.39 is 22.1 Å². The number of halogens is 1. The van der Waals surface area contributed by atoms with Crippen molar-refractivity contribution in [1.82, 2.24) is 4.31 Å². The Morgan fingerprint density at radius 2 is 2.05 bits per heavy atom. The number of carbonyl (C=O) groups excluding carboxylic acids is 1. The van der Waals surface area contributed by atoms with Crippen molar-refractivity contribution in [2.24, 2.45) is 5.73 Å². The van der Waals surface area contributed by atoms with E-state index in [1.54, 1.807) is 6.07 Å². The number of nitrogens with two attached hydrogens (primary N) is 1. The normalized spacial score (nSPS) is 16.9. The number of nitrogens with zero attached hydrogens (tertiary/aromatic N) is 1. The Hall–Kier alpha value is -1.73. The van der Waals surface area contributed by atoms with Crippen LogP contribution in [0.3, 0.4) is 0 Å². The molecule has 1 aliphatic rings. The molecule has 1 heterocycles. The molecule has 5 nitrogen and oxygen atoms in total. The SMILES string of the molecule is C=C(C(N)=O)c1cccc(S(=O)(=O)N2CC(F)C2)c1. The molecule has 0 aliphatic carbocycles. The predicted molar refractivity (Wildman–Crippen MR) is 68.3 cm³/mol. The van der Waals surface area contributed by atoms with Gasteiger partial charge < -0.3 is 5.73 Å². The van der Waals surface area contributed by atoms with Gasteiger partial charge in [0, 0.05) is 18.7 Å². The highest BCUT2D eigenvalue weighted by molar-refractivity contribution is 7.89. The van der Waals surface area contributed by atoms with Crippen LogP contribution in [0.25, 0.3) is 5.57 Å². The molecule has 1 aromatic carbocycles. The monoisotopic (exact) mass is 284 g/mol. The Balaban J connectivity index is 2.34. The van der Waals surface area contributed by atoms with Gasteiger partial charge in [-0.1, -0.05) is 18.7 Å². The lowest BCUT2D eigenvalue weighted by atomic mass is 10.1. The lowest BCUT2D eigenvalue weighted by Crippen LogP contribution is -2.51. The second-order valence-corrected chi connectivity index (χ2v) is 6.23. The summed E-state index contributed by atoms with van der Waals surface area (Å²) >= 11 is 0. The lowest BCUT2D eigenvalue weighted by molar-refractivity contribution is -0.112. The molecule has 1 saturated heterocycles. The Bertz CT molecular complexity index is 636. The van der Waals surface area contributed by atoms with E-state index in [9.17, 15) is 17.6 Å². The summed E-state index contributed by atoms with van der Waals surface area (Å²) in [5.41, 5.74) is 5.46. The Morgan fingerprint density at radius 3 is 2.58 bits per heavy atom. The number of hydrogen-bond donors (Lipinski definition) is 1. The van der Waals surface area contributed by atoms with E-state index in [4.69, 9.17) is 5.73 Å². The van der Waals surface area contributed by atoms with Gasteiger partial charge in [0.15, 0.2) is 0 Å². The molecule has 1 fully saturated rings. The molecule has 0 spiro atoms. The fraction of sp³-hybridized carbons (Fsp3) is 0.250. The third-order valence-electron chi connectivity index (χ3n) is 2.92. The van der Waals surface area contributed by atoms with Crippen LogP contribution < -0.4 is 5.73 Å². The van der Waals surface area contributed by atoms with Gasteiger partial charge in [-0.15, -0.1) is 0 Å². The zero-order chi connectivity index (χ0) is 14.2. The Kier molecular flexibility index (Phi) is 3.42. The van der Waals surface area contributed by atoms with Gasteiger partial charge in [-0.25, -0.2) is 12.8 Å². The first-order valence-electron chi connectivity index (χ1n) is 5.55. The topological polar surface area (TPSA) is 80.5 Å². The largest absolute Gasteiger partial charge is 0.366 e. The molecule has 0 radical (unpaired) electrons. The zero-order valence-electron chi connectivity index (χ0n) is 10.0. The maximum absolute atomic E-state index is 12.7. The van der Waals surface area contributed by atoms with Gasteiger partial charge in [0.25, 0.3) is 0 Å². The lowest BCUT2D eigenvalue weighted by Gasteiger charge is -2.33. The average Bonchev–Trinajstić information content (AvgIpc) is 2.34. The number of rotatable bonds is 4. The quantitative estimate of drug-likeness (QED) is 0.819. The highest BCUT2D eigenvalue weighted by atomic mass is 32.2. The average molecular weight is 284 g/mol. The maximum Gasteiger partial charge on any atom is 0.248 e. The summed E-state index contributed by atoms with van der Waals surface area (Å²) in [6.07, 6.45) is -1.11. The third-order valence-corrected chi connectivity index (χ3v) is 4.75. The van der Waals surface area contributed by atoms with Crippen LogP contribution in [0.4, 0.5) is 4.39 Å². The first kappa shape index (κ1) is 13.7. The van der Waals surface area contributed by atoms with Crippen molar-refractivity contribution in [3.8, 4) is 0 Å². The molecule has 19 heavy (non-hydrogen) atoms. The summed E-state index contributed by atoms with van der Waals surface area (Å²) in [7, 11) is -3.72. The van der Waals surface area contributed by atoms with Gasteiger partial charge in [0.05, 0.1) is 4.90 Å². The number of carbonyl (C=O) groups is 1. The number of benzene rings is 1. The van der Waals surface area contributed by atoms with Crippen molar-refractivity contribution in [2.45, 2.75) is 11.1 Å². The van der Waals surface area contributed by atoms with Crippen molar-refractivity contribution in [3.05, 3.63) is 36.4 Å². The van der Waals surface area contributed by atoms with Gasteiger partial charge in [-0.3, -0.25) is 4.79 Å². The van der Waals surface area contributed by atoms with Crippen molar-refractivity contribution >= 4 is 21.5 Å². The second-order valence-electron chi connectivity index (χ2n) is 4.29. The fourth-order valence-corrected chi connectivity index (χ4v) is 3.26. The summed E-state index contributed by atoms with van der Waals surface area (Å²) in [4.78, 5) is 11.0. The standard InChI is InChI=1S/C12H13FN2O3S/c1-8(12(14)16)9-3-2-4-11(5-9)19(17,18)15-6-10(13)7-15/h2-5,10H,1,6-7H2,(H2,14,16). The fourth-order valence-electron chi connectivity index (χ4n) is 1.72. The first-order valence-corrected chi connectivity index (χ1v) is 6.99. The molecule has 1 amide bonds. The summed E-state index contributed by atoms with van der Waals surface area (Å²) in [5.74, 6) is -0.720. The van der Waals surface area contributed by atoms with E-state index >= 15 is 0 Å². The van der Waals surface area contributed by atoms with E-state index in [2.05, 4.69) is 6.58 Å². The number of sulfonamides is 1. The van der Waals surface area contributed by atoms with Crippen LogP contribution in [-0.2, 0) is 14.8 Å². The van der Waals surface area contributed by atoms with Gasteiger partial charge in [-0.05, 0) is 17.7 Å². The summed E-state index contributed by atoms with van der Waals surface area (Å²) in [6.45, 7) is 3.22. The van der Waals surface area contributed by atoms with Gasteiger partial charge in [-0.2, -0.15) is 4.31 Å². The predicted octanol–water partition coefficient (Wildman–Crippen LogP) is 0.527. The summed E-state index contributed by atoms with van der Waals surface area (Å²) in [5, 5.41) is 0. The highest BCUT2D eigenvalue weighted by Gasteiger charge is 2.36. The van der Waals surface area contributed by atoms with Crippen LogP contribution in [-0.4, -0.2) is 37.9 Å². The summed E-state index contributed by atoms with van der Waals surface area (Å²) < 4.78 is 38.0. The number of amides is 1. The van der Waals surface area contributed by atoms with Crippen molar-refractivity contribution < 1.29 is 17.6 Å². The molecule has 2 N–H and O–H groups in total. The molecule has 0 bridgehead atoms. The molecule has 0 unspecified atom stereocenters. The van der Waals surface area contributed by atoms with Crippen LogP contribution in [0.15, 0.2) is 35.7 Å². The molecule has 102 valence electrons. The minimum absolute atomic E-state index is 0.000648. The molecule has 7 heteroatoms. The van der Waals surface area contributed by atoms with Crippen molar-refractivity contribution in [3.63, 3.8) is 0 Å². The molecule has 1 aromatic rings. The van der Waals surface area contributed by atoms with Crippen LogP contribution in [0.2, 0.25) is 0 Å². The van der Waals surface area contributed by atoms with Gasteiger partial charge in [0.1, 0.15) is 6.17 Å². The first-order chi connectivity index (χ1) is 8.82. The van der Waals surface area contributed by atoms with Crippen LogP contribution in [0, 0.1) is 0 Å². The minimum Gasteiger partial charge on any atom is -0.366 e. The van der Waals surface area contributed by atoms with E-state index in [-0.39, 0.29) is 23.6 Å². The van der Waals surface area contributed by atoms with E-state index in [1.165, 1.54) is 18.2 Å². The molecule has 0 aromatic heterocycles. The minimum atomic E-state index is -3.72. The number of hydrogen-bond acceptors (Lipinski definition) is 3. The van der Waals surface area contributed by atoms with Crippen LogP contribution >= 0.6 is 0 Å². The molecular weight excluding hydrogens is 271 g/mol. The van der Waals surface area contributed by atoms with Gasteiger partial charge in [0.2, 0.25) is 15.9 Å². The second kappa shape index (κ2) is 4.75. The zero-order valence-corrected chi connectivity index (χ0v) is 10.9. The maximum atomic E-state index is 12.7. The number of alkyl halides is 1. The van der Waals surface area contributed by atoms with Crippen molar-refractivity contribution in [2.75, 3.05) is 13.1 Å². The number of primary amides is 1. The third kappa shape index (κ3) is 2.52. The molecule has 0 atom stereocenters. The molecule has 2 rings (SSSR count). The van der Waals surface area contributed by atoms with Crippen molar-refractivity contribution in [1.29, 1.82) is 0 Å². The highest BCUT2D eigenvalue weighted by Crippen LogP contribution is 2.25. The molecule has 0 saturated carbocycles. The molecule has 1 aliphatic heterocycles. The summed E-state index contributed by atoms with van der Waals surface area (Å²) in [6, 6.07) is 5.73. The van der Waals surface area contributed by atoms with Crippen LogP contribution in [0.5, 0.6) is 0 Å². The van der Waals surface area contributed by atoms with Gasteiger partial charge >= 0.3 is 0 Å². The smallest absolute Gasteiger partial charge is 0.248 e. The Labute approximate surface area is 110 Å².